The molecule has 0 aliphatic carbocycles. The Hall–Kier alpha value is -0.860. The maximum Gasteiger partial charge on any atom is 0.191 e. The van der Waals surface area contributed by atoms with Crippen molar-refractivity contribution in [1.82, 2.24) is 15.5 Å². The fraction of sp³-hybridized carbons (Fsp3) is 0.650. The third-order valence-electron chi connectivity index (χ3n) is 4.74. The van der Waals surface area contributed by atoms with E-state index in [4.69, 9.17) is 4.74 Å². The molecule has 5 nitrogen and oxygen atoms in total. The summed E-state index contributed by atoms with van der Waals surface area (Å²) in [5, 5.41) is 6.89. The number of halogens is 1. The average molecular weight is 474 g/mol. The van der Waals surface area contributed by atoms with Gasteiger partial charge in [-0.15, -0.1) is 24.0 Å². The summed E-state index contributed by atoms with van der Waals surface area (Å²) in [6, 6.07) is 10.5. The van der Waals surface area contributed by atoms with Crippen LogP contribution in [0, 0.1) is 0 Å². The van der Waals surface area contributed by atoms with Gasteiger partial charge in [0.15, 0.2) is 5.96 Å². The number of nitrogens with zero attached hydrogens (tertiary/aromatic N) is 2. The number of ether oxygens (including phenoxy) is 1. The Labute approximate surface area is 176 Å². The molecule has 0 saturated carbocycles. The first kappa shape index (κ1) is 23.2. The number of aliphatic imine (C=N–C) groups is 1. The van der Waals surface area contributed by atoms with Gasteiger partial charge in [-0.05, 0) is 39.7 Å². The molecule has 1 aliphatic rings. The highest BCUT2D eigenvalue weighted by molar-refractivity contribution is 14.0. The van der Waals surface area contributed by atoms with Crippen molar-refractivity contribution in [3.8, 4) is 0 Å². The van der Waals surface area contributed by atoms with Gasteiger partial charge in [-0.1, -0.05) is 30.3 Å². The largest absolute Gasteiger partial charge is 0.373 e. The van der Waals surface area contributed by atoms with Gasteiger partial charge in [0.25, 0.3) is 0 Å². The van der Waals surface area contributed by atoms with E-state index in [9.17, 15) is 0 Å². The highest BCUT2D eigenvalue weighted by atomic mass is 127. The molecule has 0 amide bonds. The van der Waals surface area contributed by atoms with Crippen LogP contribution in [-0.4, -0.2) is 61.8 Å². The Balaban J connectivity index is 0.00000338. The number of morpholine rings is 1. The van der Waals surface area contributed by atoms with Gasteiger partial charge in [-0.2, -0.15) is 0 Å². The zero-order valence-corrected chi connectivity index (χ0v) is 19.1. The van der Waals surface area contributed by atoms with E-state index in [1.807, 2.05) is 13.1 Å². The number of rotatable bonds is 6. The highest BCUT2D eigenvalue weighted by Gasteiger charge is 2.33. The molecular weight excluding hydrogens is 439 g/mol. The van der Waals surface area contributed by atoms with E-state index in [-0.39, 0.29) is 41.7 Å². The van der Waals surface area contributed by atoms with Crippen LogP contribution in [0.25, 0.3) is 0 Å². The van der Waals surface area contributed by atoms with E-state index in [0.717, 1.165) is 38.6 Å². The highest BCUT2D eigenvalue weighted by Crippen LogP contribution is 2.20. The summed E-state index contributed by atoms with van der Waals surface area (Å²) < 4.78 is 5.86. The molecule has 6 heteroatoms. The van der Waals surface area contributed by atoms with Gasteiger partial charge in [0.1, 0.15) is 0 Å². The minimum atomic E-state index is 0. The average Bonchev–Trinajstić information content (AvgIpc) is 2.58. The van der Waals surface area contributed by atoms with Crippen molar-refractivity contribution in [3.63, 3.8) is 0 Å². The minimum absolute atomic E-state index is 0. The summed E-state index contributed by atoms with van der Waals surface area (Å²) in [4.78, 5) is 6.86. The lowest BCUT2D eigenvalue weighted by Crippen LogP contribution is -2.59. The molecular formula is C20H35IN4O. The molecule has 2 N–H and O–H groups in total. The monoisotopic (exact) mass is 474 g/mol. The Morgan fingerprint density at radius 1 is 1.15 bits per heavy atom. The molecule has 26 heavy (non-hydrogen) atoms. The minimum Gasteiger partial charge on any atom is -0.373 e. The predicted molar refractivity (Wildman–Crippen MR) is 121 cm³/mol. The second kappa shape index (κ2) is 11.1. The van der Waals surface area contributed by atoms with Crippen molar-refractivity contribution in [2.45, 2.75) is 51.9 Å². The van der Waals surface area contributed by atoms with Crippen LogP contribution in [0.4, 0.5) is 0 Å². The third-order valence-corrected chi connectivity index (χ3v) is 4.74. The zero-order chi connectivity index (χ0) is 18.3. The molecule has 1 fully saturated rings. The number of guanidine groups is 1. The van der Waals surface area contributed by atoms with Gasteiger partial charge in [-0.3, -0.25) is 9.89 Å². The molecule has 2 unspecified atom stereocenters. The Morgan fingerprint density at radius 2 is 1.77 bits per heavy atom. The molecule has 1 heterocycles. The van der Waals surface area contributed by atoms with Gasteiger partial charge in [0.2, 0.25) is 0 Å². The normalized spacial score (nSPS) is 21.8. The summed E-state index contributed by atoms with van der Waals surface area (Å²) in [7, 11) is 1.82. The maximum absolute atomic E-state index is 5.86. The van der Waals surface area contributed by atoms with E-state index >= 15 is 0 Å². The van der Waals surface area contributed by atoms with Crippen LogP contribution in [0.3, 0.4) is 0 Å². The molecule has 0 bridgehead atoms. The SMILES string of the molecule is CN=C(NCCc1ccccc1)NCC(C)(C)N1CC(C)OC(C)C1.I. The molecule has 148 valence electrons. The fourth-order valence-electron chi connectivity index (χ4n) is 3.27. The lowest BCUT2D eigenvalue weighted by molar-refractivity contribution is -0.0946. The summed E-state index contributed by atoms with van der Waals surface area (Å²) in [6.45, 7) is 12.5. The van der Waals surface area contributed by atoms with Crippen LogP contribution < -0.4 is 10.6 Å². The molecule has 1 aromatic rings. The van der Waals surface area contributed by atoms with Crippen molar-refractivity contribution in [1.29, 1.82) is 0 Å². The summed E-state index contributed by atoms with van der Waals surface area (Å²) in [5.41, 5.74) is 1.38. The van der Waals surface area contributed by atoms with Gasteiger partial charge in [0.05, 0.1) is 12.2 Å². The van der Waals surface area contributed by atoms with E-state index in [0.29, 0.717) is 0 Å². The van der Waals surface area contributed by atoms with E-state index < -0.39 is 0 Å². The molecule has 1 aromatic carbocycles. The first-order valence-corrected chi connectivity index (χ1v) is 9.29. The molecule has 2 rings (SSSR count). The number of nitrogens with one attached hydrogen (secondary N) is 2. The number of hydrogen-bond donors (Lipinski definition) is 2. The van der Waals surface area contributed by atoms with Crippen molar-refractivity contribution >= 4 is 29.9 Å². The molecule has 0 radical (unpaired) electrons. The topological polar surface area (TPSA) is 48.9 Å². The second-order valence-electron chi connectivity index (χ2n) is 7.56. The lowest BCUT2D eigenvalue weighted by Gasteiger charge is -2.45. The first-order chi connectivity index (χ1) is 11.9. The summed E-state index contributed by atoms with van der Waals surface area (Å²) in [5.74, 6) is 0.860. The lowest BCUT2D eigenvalue weighted by atomic mass is 10.00. The van der Waals surface area contributed by atoms with E-state index in [2.05, 4.69) is 72.5 Å². The Kier molecular flexibility index (Phi) is 9.89. The third kappa shape index (κ3) is 7.40. The van der Waals surface area contributed by atoms with Crippen molar-refractivity contribution in [3.05, 3.63) is 35.9 Å². The van der Waals surface area contributed by atoms with Crippen LogP contribution in [0.5, 0.6) is 0 Å². The van der Waals surface area contributed by atoms with Gasteiger partial charge in [-0.25, -0.2) is 0 Å². The molecule has 0 spiro atoms. The first-order valence-electron chi connectivity index (χ1n) is 9.29. The van der Waals surface area contributed by atoms with Gasteiger partial charge < -0.3 is 15.4 Å². The van der Waals surface area contributed by atoms with Crippen molar-refractivity contribution < 1.29 is 4.74 Å². The standard InChI is InChI=1S/C20H34N4O.HI/c1-16-13-24(14-17(2)25-16)20(3,4)15-23-19(21-5)22-12-11-18-9-7-6-8-10-18;/h6-10,16-17H,11-15H2,1-5H3,(H2,21,22,23);1H. The van der Waals surface area contributed by atoms with Crippen LogP contribution in [0.15, 0.2) is 35.3 Å². The van der Waals surface area contributed by atoms with Crippen molar-refractivity contribution in [2.24, 2.45) is 4.99 Å². The zero-order valence-electron chi connectivity index (χ0n) is 16.8. The maximum atomic E-state index is 5.86. The summed E-state index contributed by atoms with van der Waals surface area (Å²) in [6.07, 6.45) is 1.56. The van der Waals surface area contributed by atoms with Crippen molar-refractivity contribution in [2.75, 3.05) is 33.2 Å². The predicted octanol–water partition coefficient (Wildman–Crippen LogP) is 2.90. The molecule has 1 aliphatic heterocycles. The van der Waals surface area contributed by atoms with Gasteiger partial charge >= 0.3 is 0 Å². The summed E-state index contributed by atoms with van der Waals surface area (Å²) >= 11 is 0. The Bertz CT molecular complexity index is 540. The van der Waals surface area contributed by atoms with Crippen LogP contribution in [0.1, 0.15) is 33.3 Å². The van der Waals surface area contributed by atoms with E-state index in [1.165, 1.54) is 5.56 Å². The quantitative estimate of drug-likeness (QED) is 0.378. The van der Waals surface area contributed by atoms with E-state index in [1.54, 1.807) is 0 Å². The fourth-order valence-corrected chi connectivity index (χ4v) is 3.27. The Morgan fingerprint density at radius 3 is 2.35 bits per heavy atom. The number of benzene rings is 1. The van der Waals surface area contributed by atoms with Crippen LogP contribution in [-0.2, 0) is 11.2 Å². The number of hydrogen-bond acceptors (Lipinski definition) is 3. The van der Waals surface area contributed by atoms with Gasteiger partial charge in [0, 0.05) is 38.8 Å². The van der Waals surface area contributed by atoms with Crippen LogP contribution in [0.2, 0.25) is 0 Å². The van der Waals surface area contributed by atoms with Crippen LogP contribution >= 0.6 is 24.0 Å². The molecule has 2 atom stereocenters. The molecule has 1 saturated heterocycles. The second-order valence-corrected chi connectivity index (χ2v) is 7.56. The molecule has 0 aromatic heterocycles. The smallest absolute Gasteiger partial charge is 0.191 e.